The average Bonchev–Trinajstić information content (AvgIpc) is 3.06. The molecule has 5 heteroatoms. The molecule has 0 aromatic rings. The predicted molar refractivity (Wildman–Crippen MR) is 196 cm³/mol. The third kappa shape index (κ3) is 34.0. The minimum absolute atomic E-state index is 0.0997. The second-order valence-corrected chi connectivity index (χ2v) is 11.6. The summed E-state index contributed by atoms with van der Waals surface area (Å²) in [4.78, 5) is 24.2. The van der Waals surface area contributed by atoms with E-state index in [0.29, 0.717) is 12.8 Å². The number of hydrogen-bond donors (Lipinski definition) is 1. The Hall–Kier alpha value is -2.92. The number of unbranched alkanes of at least 4 members (excludes halogenated alkanes) is 9. The molecule has 0 saturated heterocycles. The van der Waals surface area contributed by atoms with E-state index in [4.69, 9.17) is 9.47 Å². The van der Waals surface area contributed by atoms with Gasteiger partial charge in [-0.3, -0.25) is 9.59 Å². The number of carbonyl (C=O) groups excluding carboxylic acids is 2. The van der Waals surface area contributed by atoms with Gasteiger partial charge in [-0.25, -0.2) is 0 Å². The predicted octanol–water partition coefficient (Wildman–Crippen LogP) is 11.2. The topological polar surface area (TPSA) is 72.8 Å². The van der Waals surface area contributed by atoms with Crippen LogP contribution in [0.3, 0.4) is 0 Å². The number of aliphatic hydroxyl groups is 1. The highest BCUT2D eigenvalue weighted by Crippen LogP contribution is 2.09. The van der Waals surface area contributed by atoms with Crippen LogP contribution < -0.4 is 0 Å². The molecule has 0 unspecified atom stereocenters. The van der Waals surface area contributed by atoms with Gasteiger partial charge < -0.3 is 14.6 Å². The zero-order valence-electron chi connectivity index (χ0n) is 29.3. The number of allylic oxidation sites excluding steroid dienone is 14. The van der Waals surface area contributed by atoms with Crippen molar-refractivity contribution < 1.29 is 24.2 Å². The van der Waals surface area contributed by atoms with E-state index >= 15 is 0 Å². The van der Waals surface area contributed by atoms with Crippen molar-refractivity contribution in [3.05, 3.63) is 85.1 Å². The van der Waals surface area contributed by atoms with Gasteiger partial charge in [0, 0.05) is 12.8 Å². The lowest BCUT2D eigenvalue weighted by atomic mass is 10.1. The van der Waals surface area contributed by atoms with Gasteiger partial charge in [-0.2, -0.15) is 0 Å². The Morgan fingerprint density at radius 1 is 0.522 bits per heavy atom. The van der Waals surface area contributed by atoms with E-state index < -0.39 is 6.10 Å². The van der Waals surface area contributed by atoms with Crippen molar-refractivity contribution in [2.45, 2.75) is 148 Å². The highest BCUT2D eigenvalue weighted by atomic mass is 16.6. The maximum absolute atomic E-state index is 12.1. The largest absolute Gasteiger partial charge is 0.462 e. The van der Waals surface area contributed by atoms with Crippen molar-refractivity contribution in [2.24, 2.45) is 0 Å². The maximum atomic E-state index is 12.1. The Morgan fingerprint density at radius 2 is 0.935 bits per heavy atom. The van der Waals surface area contributed by atoms with Crippen LogP contribution in [0.25, 0.3) is 0 Å². The van der Waals surface area contributed by atoms with Crippen molar-refractivity contribution in [2.75, 3.05) is 13.2 Å². The second-order valence-electron chi connectivity index (χ2n) is 11.6. The van der Waals surface area contributed by atoms with Crippen LogP contribution in [0.1, 0.15) is 142 Å². The van der Waals surface area contributed by atoms with Crippen molar-refractivity contribution >= 4 is 11.9 Å². The Kier molecular flexibility index (Phi) is 34.2. The summed E-state index contributed by atoms with van der Waals surface area (Å²) in [7, 11) is 0. The molecule has 0 amide bonds. The van der Waals surface area contributed by atoms with Gasteiger partial charge in [0.15, 0.2) is 6.10 Å². The van der Waals surface area contributed by atoms with Gasteiger partial charge in [-0.05, 0) is 89.9 Å². The Bertz CT molecular complexity index is 906. The first-order chi connectivity index (χ1) is 22.6. The molecular formula is C41H66O5. The molecule has 1 atom stereocenters. The number of hydrogen-bond acceptors (Lipinski definition) is 5. The molecule has 0 aliphatic carbocycles. The lowest BCUT2D eigenvalue weighted by molar-refractivity contribution is -0.161. The second kappa shape index (κ2) is 36.5. The molecule has 0 heterocycles. The fourth-order valence-corrected chi connectivity index (χ4v) is 4.43. The van der Waals surface area contributed by atoms with E-state index in [1.54, 1.807) is 0 Å². The van der Waals surface area contributed by atoms with Crippen LogP contribution in [0.2, 0.25) is 0 Å². The number of aliphatic hydroxyl groups excluding tert-OH is 1. The van der Waals surface area contributed by atoms with Crippen molar-refractivity contribution in [1.82, 2.24) is 0 Å². The van der Waals surface area contributed by atoms with Crippen LogP contribution in [-0.4, -0.2) is 36.4 Å². The summed E-state index contributed by atoms with van der Waals surface area (Å²) >= 11 is 0. The first-order valence-corrected chi connectivity index (χ1v) is 18.1. The van der Waals surface area contributed by atoms with E-state index in [1.807, 2.05) is 0 Å². The molecule has 5 nitrogen and oxygen atoms in total. The van der Waals surface area contributed by atoms with Gasteiger partial charge in [0.1, 0.15) is 6.61 Å². The highest BCUT2D eigenvalue weighted by molar-refractivity contribution is 5.70. The van der Waals surface area contributed by atoms with Gasteiger partial charge in [-0.15, -0.1) is 0 Å². The quantitative estimate of drug-likeness (QED) is 0.0465. The van der Waals surface area contributed by atoms with Crippen molar-refractivity contribution in [3.63, 3.8) is 0 Å². The summed E-state index contributed by atoms with van der Waals surface area (Å²) in [6.07, 6.45) is 49.2. The molecule has 1 N–H and O–H groups in total. The maximum Gasteiger partial charge on any atom is 0.306 e. The molecule has 0 spiro atoms. The third-order valence-corrected chi connectivity index (χ3v) is 7.17. The zero-order valence-corrected chi connectivity index (χ0v) is 29.3. The minimum Gasteiger partial charge on any atom is -0.462 e. The smallest absolute Gasteiger partial charge is 0.306 e. The summed E-state index contributed by atoms with van der Waals surface area (Å²) in [6, 6.07) is 0. The fourth-order valence-electron chi connectivity index (χ4n) is 4.43. The zero-order chi connectivity index (χ0) is 33.6. The molecule has 260 valence electrons. The lowest BCUT2D eigenvalue weighted by Crippen LogP contribution is -2.28. The average molecular weight is 639 g/mol. The molecule has 0 radical (unpaired) electrons. The van der Waals surface area contributed by atoms with E-state index in [-0.39, 0.29) is 25.2 Å². The molecular weight excluding hydrogens is 572 g/mol. The van der Waals surface area contributed by atoms with Crippen LogP contribution in [0.5, 0.6) is 0 Å². The molecule has 0 aliphatic rings. The summed E-state index contributed by atoms with van der Waals surface area (Å²) in [5.74, 6) is -0.675. The summed E-state index contributed by atoms with van der Waals surface area (Å²) in [5, 5.41) is 9.52. The summed E-state index contributed by atoms with van der Waals surface area (Å²) < 4.78 is 10.5. The van der Waals surface area contributed by atoms with E-state index in [9.17, 15) is 14.7 Å². The number of esters is 2. The molecule has 0 bridgehead atoms. The molecule has 0 saturated carbocycles. The molecule has 0 fully saturated rings. The third-order valence-electron chi connectivity index (χ3n) is 7.17. The molecule has 0 rings (SSSR count). The summed E-state index contributed by atoms with van der Waals surface area (Å²) in [6.45, 7) is 3.91. The monoisotopic (exact) mass is 638 g/mol. The number of ether oxygens (including phenoxy) is 2. The molecule has 0 aromatic carbocycles. The van der Waals surface area contributed by atoms with Crippen LogP contribution in [-0.2, 0) is 19.1 Å². The first-order valence-electron chi connectivity index (χ1n) is 18.1. The van der Waals surface area contributed by atoms with Crippen molar-refractivity contribution in [1.29, 1.82) is 0 Å². The van der Waals surface area contributed by atoms with Gasteiger partial charge in [0.05, 0.1) is 6.61 Å². The van der Waals surface area contributed by atoms with Gasteiger partial charge in [0.2, 0.25) is 0 Å². The first kappa shape index (κ1) is 43.1. The molecule has 46 heavy (non-hydrogen) atoms. The SMILES string of the molecule is CC/C=C/C/C=C/C/C=C/C/C=C/CCCCC(=O)O[C@@H](CO)COC(=O)CCCCCC/C=C/C/C=C/C/C=C/CCCCC. The van der Waals surface area contributed by atoms with Crippen LogP contribution in [0.15, 0.2) is 85.1 Å². The molecule has 0 aromatic heterocycles. The Balaban J connectivity index is 3.73. The van der Waals surface area contributed by atoms with Crippen LogP contribution >= 0.6 is 0 Å². The highest BCUT2D eigenvalue weighted by Gasteiger charge is 2.15. The van der Waals surface area contributed by atoms with Crippen LogP contribution in [0, 0.1) is 0 Å². The van der Waals surface area contributed by atoms with Crippen LogP contribution in [0.4, 0.5) is 0 Å². The lowest BCUT2D eigenvalue weighted by Gasteiger charge is -2.15. The standard InChI is InChI=1S/C41H66O5/c1-3-5-7-9-11-13-15-17-19-20-22-23-25-27-29-31-33-35-40(43)45-38-39(37-42)46-41(44)36-34-32-30-28-26-24-21-18-16-14-12-10-8-6-4-2/h6,8,11-14,17-19,21-23,26,28,39,42H,3-5,7,9-10,15-16,20,24-25,27,29-38H2,1-2H3/b8-6+,13-11+,14-12+,19-17+,21-18+,23-22+,28-26+/t39-/m0/s1. The van der Waals surface area contributed by atoms with Gasteiger partial charge >= 0.3 is 11.9 Å². The van der Waals surface area contributed by atoms with E-state index in [0.717, 1.165) is 89.9 Å². The van der Waals surface area contributed by atoms with Gasteiger partial charge in [-0.1, -0.05) is 125 Å². The minimum atomic E-state index is -0.806. The number of rotatable bonds is 31. The molecule has 0 aliphatic heterocycles. The van der Waals surface area contributed by atoms with Gasteiger partial charge in [0.25, 0.3) is 0 Å². The Labute approximate surface area is 282 Å². The summed E-state index contributed by atoms with van der Waals surface area (Å²) in [5.41, 5.74) is 0. The van der Waals surface area contributed by atoms with E-state index in [1.165, 1.54) is 25.7 Å². The van der Waals surface area contributed by atoms with E-state index in [2.05, 4.69) is 98.9 Å². The number of carbonyl (C=O) groups is 2. The normalized spacial score (nSPS) is 13.2. The fraction of sp³-hybridized carbons (Fsp3) is 0.610. The Morgan fingerprint density at radius 3 is 1.43 bits per heavy atom. The van der Waals surface area contributed by atoms with Crippen molar-refractivity contribution in [3.8, 4) is 0 Å².